The van der Waals surface area contributed by atoms with E-state index in [0.717, 1.165) is 24.2 Å². The molecule has 0 spiro atoms. The zero-order chi connectivity index (χ0) is 12.4. The summed E-state index contributed by atoms with van der Waals surface area (Å²) in [6, 6.07) is 6.66. The van der Waals surface area contributed by atoms with Crippen molar-refractivity contribution < 1.29 is 4.74 Å². The Labute approximate surface area is 115 Å². The minimum atomic E-state index is 0.575. The number of thiazole rings is 1. The summed E-state index contributed by atoms with van der Waals surface area (Å²) in [6.07, 6.45) is 1.04. The SMILES string of the molecule is COc1ccc2nc(CC3CSCCN3)sc2c1. The summed E-state index contributed by atoms with van der Waals surface area (Å²) in [4.78, 5) is 4.70. The Balaban J connectivity index is 1.79. The Morgan fingerprint density at radius 3 is 3.22 bits per heavy atom. The Kier molecular flexibility index (Phi) is 3.72. The minimum absolute atomic E-state index is 0.575. The van der Waals surface area contributed by atoms with Crippen molar-refractivity contribution in [1.29, 1.82) is 0 Å². The van der Waals surface area contributed by atoms with Crippen LogP contribution in [0.2, 0.25) is 0 Å². The maximum Gasteiger partial charge on any atom is 0.120 e. The minimum Gasteiger partial charge on any atom is -0.497 e. The average Bonchev–Trinajstić information content (AvgIpc) is 2.80. The van der Waals surface area contributed by atoms with Crippen LogP contribution in [0.5, 0.6) is 5.75 Å². The highest BCUT2D eigenvalue weighted by Gasteiger charge is 2.15. The molecular weight excluding hydrogens is 264 g/mol. The highest BCUT2D eigenvalue weighted by Crippen LogP contribution is 2.27. The Morgan fingerprint density at radius 2 is 2.44 bits per heavy atom. The van der Waals surface area contributed by atoms with Gasteiger partial charge in [0, 0.05) is 30.5 Å². The number of rotatable bonds is 3. The van der Waals surface area contributed by atoms with Crippen molar-refractivity contribution in [2.45, 2.75) is 12.5 Å². The molecule has 3 rings (SSSR count). The van der Waals surface area contributed by atoms with Crippen LogP contribution >= 0.6 is 23.1 Å². The normalized spacial score (nSPS) is 20.2. The van der Waals surface area contributed by atoms with Gasteiger partial charge in [0.1, 0.15) is 5.75 Å². The highest BCUT2D eigenvalue weighted by molar-refractivity contribution is 7.99. The number of aromatic nitrogens is 1. The molecule has 2 heterocycles. The van der Waals surface area contributed by atoms with E-state index in [2.05, 4.69) is 11.4 Å². The van der Waals surface area contributed by atoms with Gasteiger partial charge in [-0.2, -0.15) is 11.8 Å². The lowest BCUT2D eigenvalue weighted by Crippen LogP contribution is -2.38. The fourth-order valence-corrected chi connectivity index (χ4v) is 4.15. The first-order valence-electron chi connectivity index (χ1n) is 6.10. The van der Waals surface area contributed by atoms with Gasteiger partial charge in [-0.15, -0.1) is 11.3 Å². The van der Waals surface area contributed by atoms with Gasteiger partial charge < -0.3 is 10.1 Å². The van der Waals surface area contributed by atoms with Crippen LogP contribution in [0.3, 0.4) is 0 Å². The van der Waals surface area contributed by atoms with Crippen molar-refractivity contribution in [2.75, 3.05) is 25.2 Å². The number of thioether (sulfide) groups is 1. The molecule has 2 aromatic rings. The predicted octanol–water partition coefficient (Wildman–Crippen LogP) is 2.55. The van der Waals surface area contributed by atoms with Gasteiger partial charge in [0.05, 0.1) is 22.3 Å². The molecule has 0 bridgehead atoms. The molecule has 1 aliphatic heterocycles. The summed E-state index contributed by atoms with van der Waals surface area (Å²) < 4.78 is 6.46. The van der Waals surface area contributed by atoms with Gasteiger partial charge >= 0.3 is 0 Å². The van der Waals surface area contributed by atoms with Crippen molar-refractivity contribution in [3.05, 3.63) is 23.2 Å². The third kappa shape index (κ3) is 2.63. The maximum absolute atomic E-state index is 5.24. The van der Waals surface area contributed by atoms with Gasteiger partial charge in [0.15, 0.2) is 0 Å². The Morgan fingerprint density at radius 1 is 1.50 bits per heavy atom. The van der Waals surface area contributed by atoms with Gasteiger partial charge in [-0.3, -0.25) is 0 Å². The van der Waals surface area contributed by atoms with E-state index in [9.17, 15) is 0 Å². The van der Waals surface area contributed by atoms with E-state index in [1.807, 2.05) is 23.9 Å². The quantitative estimate of drug-likeness (QED) is 0.937. The molecule has 0 radical (unpaired) electrons. The van der Waals surface area contributed by atoms with E-state index in [0.29, 0.717) is 6.04 Å². The molecule has 5 heteroatoms. The number of benzene rings is 1. The smallest absolute Gasteiger partial charge is 0.120 e. The first kappa shape index (κ1) is 12.3. The first-order chi connectivity index (χ1) is 8.85. The number of ether oxygens (including phenoxy) is 1. The largest absolute Gasteiger partial charge is 0.497 e. The van der Waals surface area contributed by atoms with E-state index in [1.165, 1.54) is 21.2 Å². The second-order valence-electron chi connectivity index (χ2n) is 4.37. The van der Waals surface area contributed by atoms with E-state index in [1.54, 1.807) is 18.4 Å². The fourth-order valence-electron chi connectivity index (χ4n) is 2.13. The van der Waals surface area contributed by atoms with Crippen molar-refractivity contribution in [2.24, 2.45) is 0 Å². The van der Waals surface area contributed by atoms with Crippen molar-refractivity contribution in [3.63, 3.8) is 0 Å². The molecule has 1 atom stereocenters. The molecule has 1 aliphatic rings. The highest BCUT2D eigenvalue weighted by atomic mass is 32.2. The topological polar surface area (TPSA) is 34.1 Å². The average molecular weight is 280 g/mol. The molecule has 3 nitrogen and oxygen atoms in total. The van der Waals surface area contributed by atoms with Crippen molar-refractivity contribution in [3.8, 4) is 5.75 Å². The van der Waals surface area contributed by atoms with Gasteiger partial charge in [-0.25, -0.2) is 4.98 Å². The molecular formula is C13H16N2OS2. The summed E-state index contributed by atoms with van der Waals surface area (Å²) in [6.45, 7) is 1.12. The predicted molar refractivity (Wildman–Crippen MR) is 79.0 cm³/mol. The molecule has 1 aromatic heterocycles. The molecule has 1 fully saturated rings. The monoisotopic (exact) mass is 280 g/mol. The van der Waals surface area contributed by atoms with Crippen LogP contribution in [0.15, 0.2) is 18.2 Å². The van der Waals surface area contributed by atoms with Crippen LogP contribution in [0.1, 0.15) is 5.01 Å². The van der Waals surface area contributed by atoms with E-state index < -0.39 is 0 Å². The van der Waals surface area contributed by atoms with E-state index >= 15 is 0 Å². The van der Waals surface area contributed by atoms with Crippen molar-refractivity contribution in [1.82, 2.24) is 10.3 Å². The van der Waals surface area contributed by atoms with Crippen LogP contribution in [0.4, 0.5) is 0 Å². The molecule has 0 amide bonds. The number of nitrogens with one attached hydrogen (secondary N) is 1. The molecule has 1 saturated heterocycles. The van der Waals surface area contributed by atoms with E-state index in [4.69, 9.17) is 9.72 Å². The van der Waals surface area contributed by atoms with Crippen LogP contribution in [0.25, 0.3) is 10.2 Å². The first-order valence-corrected chi connectivity index (χ1v) is 8.07. The number of fused-ring (bicyclic) bond motifs is 1. The zero-order valence-corrected chi connectivity index (χ0v) is 11.9. The zero-order valence-electron chi connectivity index (χ0n) is 10.3. The third-order valence-corrected chi connectivity index (χ3v) is 5.23. The second-order valence-corrected chi connectivity index (χ2v) is 6.64. The van der Waals surface area contributed by atoms with Crippen LogP contribution in [-0.4, -0.2) is 36.2 Å². The van der Waals surface area contributed by atoms with Gasteiger partial charge in [0.25, 0.3) is 0 Å². The number of hydrogen-bond donors (Lipinski definition) is 1. The van der Waals surface area contributed by atoms with Gasteiger partial charge in [-0.05, 0) is 18.2 Å². The molecule has 96 valence electrons. The third-order valence-electron chi connectivity index (χ3n) is 3.06. The molecule has 18 heavy (non-hydrogen) atoms. The van der Waals surface area contributed by atoms with Crippen LogP contribution < -0.4 is 10.1 Å². The maximum atomic E-state index is 5.24. The summed E-state index contributed by atoms with van der Waals surface area (Å²) >= 11 is 3.81. The lowest BCUT2D eigenvalue weighted by molar-refractivity contribution is 0.415. The Bertz CT molecular complexity index is 535. The van der Waals surface area contributed by atoms with E-state index in [-0.39, 0.29) is 0 Å². The molecule has 1 unspecified atom stereocenters. The molecule has 1 N–H and O–H groups in total. The lowest BCUT2D eigenvalue weighted by Gasteiger charge is -2.21. The fraction of sp³-hybridized carbons (Fsp3) is 0.462. The molecule has 0 saturated carbocycles. The standard InChI is InChI=1S/C13H16N2OS2/c1-16-10-2-3-11-12(7-10)18-13(15-11)6-9-8-17-5-4-14-9/h2-3,7,9,14H,4-6,8H2,1H3. The Hall–Kier alpha value is -0.780. The number of hydrogen-bond acceptors (Lipinski definition) is 5. The molecule has 0 aliphatic carbocycles. The number of methoxy groups -OCH3 is 1. The van der Waals surface area contributed by atoms with Gasteiger partial charge in [0.2, 0.25) is 0 Å². The summed E-state index contributed by atoms with van der Waals surface area (Å²) in [7, 11) is 1.70. The van der Waals surface area contributed by atoms with Crippen LogP contribution in [0, 0.1) is 0 Å². The van der Waals surface area contributed by atoms with Crippen molar-refractivity contribution >= 4 is 33.3 Å². The number of nitrogens with zero attached hydrogens (tertiary/aromatic N) is 1. The summed E-state index contributed by atoms with van der Waals surface area (Å²) in [5.74, 6) is 3.33. The summed E-state index contributed by atoms with van der Waals surface area (Å²) in [5, 5.41) is 4.78. The molecule has 1 aromatic carbocycles. The second kappa shape index (κ2) is 5.47. The van der Waals surface area contributed by atoms with Gasteiger partial charge in [-0.1, -0.05) is 0 Å². The lowest BCUT2D eigenvalue weighted by atomic mass is 10.2. The van der Waals surface area contributed by atoms with Crippen LogP contribution in [-0.2, 0) is 6.42 Å². The summed E-state index contributed by atoms with van der Waals surface area (Å²) in [5.41, 5.74) is 1.08.